The van der Waals surface area contributed by atoms with Crippen molar-refractivity contribution in [3.63, 3.8) is 0 Å². The zero-order chi connectivity index (χ0) is 14.4. The SMILES string of the molecule is CC=CC=CCC(N)c1cc(C(C)C)c(O)cc1O. The van der Waals surface area contributed by atoms with E-state index in [9.17, 15) is 10.2 Å². The van der Waals surface area contributed by atoms with Crippen molar-refractivity contribution in [2.24, 2.45) is 5.73 Å². The van der Waals surface area contributed by atoms with Crippen molar-refractivity contribution in [1.29, 1.82) is 0 Å². The van der Waals surface area contributed by atoms with Gasteiger partial charge in [-0.25, -0.2) is 0 Å². The van der Waals surface area contributed by atoms with E-state index >= 15 is 0 Å². The van der Waals surface area contributed by atoms with Gasteiger partial charge in [0.1, 0.15) is 11.5 Å². The van der Waals surface area contributed by atoms with Gasteiger partial charge in [-0.05, 0) is 30.9 Å². The Labute approximate surface area is 115 Å². The molecule has 1 aromatic carbocycles. The maximum atomic E-state index is 9.89. The van der Waals surface area contributed by atoms with Gasteiger partial charge in [-0.2, -0.15) is 0 Å². The minimum absolute atomic E-state index is 0.0498. The molecular formula is C16H23NO2. The average Bonchev–Trinajstić information content (AvgIpc) is 2.34. The Hall–Kier alpha value is -1.74. The monoisotopic (exact) mass is 261 g/mol. The molecule has 1 unspecified atom stereocenters. The van der Waals surface area contributed by atoms with Gasteiger partial charge < -0.3 is 15.9 Å². The van der Waals surface area contributed by atoms with Gasteiger partial charge in [0.2, 0.25) is 0 Å². The number of phenols is 2. The number of aromatic hydroxyl groups is 2. The summed E-state index contributed by atoms with van der Waals surface area (Å²) in [5, 5.41) is 19.7. The molecule has 1 atom stereocenters. The molecule has 0 aliphatic heterocycles. The van der Waals surface area contributed by atoms with E-state index in [2.05, 4.69) is 0 Å². The number of phenolic OH excluding ortho intramolecular Hbond substituents is 2. The van der Waals surface area contributed by atoms with Crippen LogP contribution < -0.4 is 5.73 Å². The van der Waals surface area contributed by atoms with Crippen LogP contribution in [0, 0.1) is 0 Å². The first kappa shape index (κ1) is 15.3. The van der Waals surface area contributed by atoms with Crippen molar-refractivity contribution in [2.45, 2.75) is 39.2 Å². The summed E-state index contributed by atoms with van der Waals surface area (Å²) in [5.74, 6) is 0.354. The van der Waals surface area contributed by atoms with Crippen LogP contribution in [0.5, 0.6) is 11.5 Å². The molecule has 0 heterocycles. The summed E-state index contributed by atoms with van der Waals surface area (Å²) < 4.78 is 0. The van der Waals surface area contributed by atoms with Crippen molar-refractivity contribution in [3.05, 3.63) is 47.6 Å². The fourth-order valence-corrected chi connectivity index (χ4v) is 1.91. The second-order valence-electron chi connectivity index (χ2n) is 4.92. The van der Waals surface area contributed by atoms with E-state index in [1.165, 1.54) is 6.07 Å². The molecule has 19 heavy (non-hydrogen) atoms. The molecule has 0 saturated carbocycles. The molecular weight excluding hydrogens is 238 g/mol. The Morgan fingerprint density at radius 1 is 1.11 bits per heavy atom. The average molecular weight is 261 g/mol. The van der Waals surface area contributed by atoms with Crippen molar-refractivity contribution in [3.8, 4) is 11.5 Å². The van der Waals surface area contributed by atoms with Gasteiger partial charge in [0.25, 0.3) is 0 Å². The summed E-state index contributed by atoms with van der Waals surface area (Å²) in [7, 11) is 0. The van der Waals surface area contributed by atoms with Gasteiger partial charge in [0.15, 0.2) is 0 Å². The van der Waals surface area contributed by atoms with Crippen molar-refractivity contribution >= 4 is 0 Å². The smallest absolute Gasteiger partial charge is 0.124 e. The Morgan fingerprint density at radius 3 is 2.32 bits per heavy atom. The van der Waals surface area contributed by atoms with Gasteiger partial charge in [-0.3, -0.25) is 0 Å². The van der Waals surface area contributed by atoms with E-state index in [0.29, 0.717) is 12.0 Å². The molecule has 0 spiro atoms. The van der Waals surface area contributed by atoms with Gasteiger partial charge in [0, 0.05) is 17.7 Å². The molecule has 0 bridgehead atoms. The van der Waals surface area contributed by atoms with E-state index in [4.69, 9.17) is 5.73 Å². The van der Waals surface area contributed by atoms with Gasteiger partial charge in [-0.15, -0.1) is 0 Å². The van der Waals surface area contributed by atoms with E-state index in [1.54, 1.807) is 6.07 Å². The normalized spacial score (nSPS) is 13.7. The van der Waals surface area contributed by atoms with Crippen molar-refractivity contribution in [1.82, 2.24) is 0 Å². The lowest BCUT2D eigenvalue weighted by Gasteiger charge is -2.16. The van der Waals surface area contributed by atoms with E-state index in [0.717, 1.165) is 5.56 Å². The predicted molar refractivity (Wildman–Crippen MR) is 79.4 cm³/mol. The van der Waals surface area contributed by atoms with E-state index in [1.807, 2.05) is 45.1 Å². The lowest BCUT2D eigenvalue weighted by molar-refractivity contribution is 0.436. The minimum atomic E-state index is -0.278. The first-order valence-corrected chi connectivity index (χ1v) is 6.56. The molecule has 0 aromatic heterocycles. The maximum Gasteiger partial charge on any atom is 0.124 e. The predicted octanol–water partition coefficient (Wildman–Crippen LogP) is 3.74. The van der Waals surface area contributed by atoms with Crippen LogP contribution >= 0.6 is 0 Å². The van der Waals surface area contributed by atoms with Crippen LogP contribution in [0.15, 0.2) is 36.4 Å². The second kappa shape index (κ2) is 7.00. The van der Waals surface area contributed by atoms with Gasteiger partial charge in [-0.1, -0.05) is 38.2 Å². The summed E-state index contributed by atoms with van der Waals surface area (Å²) in [4.78, 5) is 0. The Balaban J connectivity index is 2.96. The molecule has 0 amide bonds. The third-order valence-electron chi connectivity index (χ3n) is 3.03. The number of benzene rings is 1. The van der Waals surface area contributed by atoms with Crippen LogP contribution in [-0.4, -0.2) is 10.2 Å². The van der Waals surface area contributed by atoms with Crippen molar-refractivity contribution in [2.75, 3.05) is 0 Å². The zero-order valence-corrected chi connectivity index (χ0v) is 11.8. The highest BCUT2D eigenvalue weighted by Crippen LogP contribution is 2.35. The lowest BCUT2D eigenvalue weighted by Crippen LogP contribution is -2.10. The summed E-state index contributed by atoms with van der Waals surface area (Å²) in [6.07, 6.45) is 8.41. The first-order chi connectivity index (χ1) is 8.97. The molecule has 1 aromatic rings. The van der Waals surface area contributed by atoms with Crippen LogP contribution in [0.3, 0.4) is 0 Å². The molecule has 0 fully saturated rings. The van der Waals surface area contributed by atoms with Crippen LogP contribution in [0.2, 0.25) is 0 Å². The molecule has 1 rings (SSSR count). The summed E-state index contributed by atoms with van der Waals surface area (Å²) in [6.45, 7) is 5.94. The molecule has 3 nitrogen and oxygen atoms in total. The topological polar surface area (TPSA) is 66.5 Å². The maximum absolute atomic E-state index is 9.89. The Kier molecular flexibility index (Phi) is 5.64. The van der Waals surface area contributed by atoms with Gasteiger partial charge >= 0.3 is 0 Å². The Morgan fingerprint density at radius 2 is 1.74 bits per heavy atom. The van der Waals surface area contributed by atoms with E-state index < -0.39 is 0 Å². The zero-order valence-electron chi connectivity index (χ0n) is 11.8. The summed E-state index contributed by atoms with van der Waals surface area (Å²) >= 11 is 0. The van der Waals surface area contributed by atoms with Gasteiger partial charge in [0.05, 0.1) is 0 Å². The van der Waals surface area contributed by atoms with Crippen LogP contribution in [0.1, 0.15) is 50.3 Å². The largest absolute Gasteiger partial charge is 0.508 e. The quantitative estimate of drug-likeness (QED) is 0.707. The highest BCUT2D eigenvalue weighted by atomic mass is 16.3. The second-order valence-corrected chi connectivity index (χ2v) is 4.92. The van der Waals surface area contributed by atoms with Crippen molar-refractivity contribution < 1.29 is 10.2 Å². The third-order valence-corrected chi connectivity index (χ3v) is 3.03. The number of nitrogens with two attached hydrogens (primary N) is 1. The standard InChI is InChI=1S/C16H23NO2/c1-4-5-6-7-8-14(17)13-9-12(11(2)3)15(18)10-16(13)19/h4-7,9-11,14,18-19H,8,17H2,1-3H3. The Bertz CT molecular complexity index is 476. The van der Waals surface area contributed by atoms with Crippen LogP contribution in [0.25, 0.3) is 0 Å². The number of hydrogen-bond donors (Lipinski definition) is 3. The van der Waals surface area contributed by atoms with Crippen LogP contribution in [0.4, 0.5) is 0 Å². The fourth-order valence-electron chi connectivity index (χ4n) is 1.91. The number of hydrogen-bond acceptors (Lipinski definition) is 3. The van der Waals surface area contributed by atoms with E-state index in [-0.39, 0.29) is 23.5 Å². The number of rotatable bonds is 5. The third kappa shape index (κ3) is 4.14. The molecule has 0 aliphatic rings. The molecule has 0 saturated heterocycles. The van der Waals surface area contributed by atoms with Crippen LogP contribution in [-0.2, 0) is 0 Å². The minimum Gasteiger partial charge on any atom is -0.508 e. The molecule has 104 valence electrons. The molecule has 4 N–H and O–H groups in total. The first-order valence-electron chi connectivity index (χ1n) is 6.56. The highest BCUT2D eigenvalue weighted by Gasteiger charge is 2.15. The molecule has 0 aliphatic carbocycles. The summed E-state index contributed by atoms with van der Waals surface area (Å²) in [5.41, 5.74) is 7.56. The highest BCUT2D eigenvalue weighted by molar-refractivity contribution is 5.47. The molecule has 0 radical (unpaired) electrons. The fraction of sp³-hybridized carbons (Fsp3) is 0.375. The molecule has 3 heteroatoms. The summed E-state index contributed by atoms with van der Waals surface area (Å²) in [6, 6.07) is 2.89. The lowest BCUT2D eigenvalue weighted by atomic mass is 9.95. The number of allylic oxidation sites excluding steroid dienone is 3.